The summed E-state index contributed by atoms with van der Waals surface area (Å²) in [6, 6.07) is 24.0. The summed E-state index contributed by atoms with van der Waals surface area (Å²) in [5.41, 5.74) is 2.63. The van der Waals surface area contributed by atoms with Crippen LogP contribution < -0.4 is 4.74 Å². The quantitative estimate of drug-likeness (QED) is 0.379. The van der Waals surface area contributed by atoms with Crippen molar-refractivity contribution in [3.8, 4) is 5.75 Å². The summed E-state index contributed by atoms with van der Waals surface area (Å²) in [7, 11) is 0. The summed E-state index contributed by atoms with van der Waals surface area (Å²) in [5, 5.41) is 2.56. The van der Waals surface area contributed by atoms with E-state index in [4.69, 9.17) is 4.74 Å². The second-order valence-electron chi connectivity index (χ2n) is 6.90. The Bertz CT molecular complexity index is 910. The molecule has 25 heavy (non-hydrogen) atoms. The summed E-state index contributed by atoms with van der Waals surface area (Å²) in [6.07, 6.45) is 3.57. The number of rotatable bonds is 1. The maximum absolute atomic E-state index is 6.46. The lowest BCUT2D eigenvalue weighted by Gasteiger charge is -2.48. The lowest BCUT2D eigenvalue weighted by atomic mass is 9.88. The fourth-order valence-electron chi connectivity index (χ4n) is 4.32. The Labute approximate surface area is 156 Å². The Balaban J connectivity index is 1.79. The van der Waals surface area contributed by atoms with Crippen LogP contribution in [0.15, 0.2) is 66.7 Å². The lowest BCUT2D eigenvalue weighted by Crippen LogP contribution is -2.51. The predicted molar refractivity (Wildman–Crippen MR) is 105 cm³/mol. The van der Waals surface area contributed by atoms with E-state index >= 15 is 0 Å². The number of ether oxygens (including phenoxy) is 1. The zero-order valence-electron chi connectivity index (χ0n) is 13.9. The van der Waals surface area contributed by atoms with Gasteiger partial charge >= 0.3 is 0 Å². The van der Waals surface area contributed by atoms with Crippen molar-refractivity contribution in [3.63, 3.8) is 0 Å². The molecule has 0 spiro atoms. The van der Waals surface area contributed by atoms with Crippen LogP contribution in [0.5, 0.6) is 5.75 Å². The van der Waals surface area contributed by atoms with Crippen LogP contribution in [0.2, 0.25) is 0 Å². The molecular formula is C22H20BrNO. The van der Waals surface area contributed by atoms with E-state index in [0.29, 0.717) is 4.95 Å². The Hall–Kier alpha value is -1.84. The highest BCUT2D eigenvalue weighted by Gasteiger charge is 2.42. The predicted octanol–water partition coefficient (Wildman–Crippen LogP) is 5.85. The molecule has 2 aliphatic rings. The average molecular weight is 394 g/mol. The molecule has 3 aromatic rings. The second-order valence-corrected chi connectivity index (χ2v) is 7.95. The summed E-state index contributed by atoms with van der Waals surface area (Å²) >= 11 is 3.93. The van der Waals surface area contributed by atoms with Gasteiger partial charge in [0.25, 0.3) is 0 Å². The van der Waals surface area contributed by atoms with Crippen LogP contribution in [0.1, 0.15) is 36.4 Å². The topological polar surface area (TPSA) is 12.5 Å². The zero-order chi connectivity index (χ0) is 16.8. The van der Waals surface area contributed by atoms with Crippen molar-refractivity contribution >= 4 is 26.7 Å². The molecular weight excluding hydrogens is 374 g/mol. The smallest absolute Gasteiger partial charge is 0.154 e. The highest BCUT2D eigenvalue weighted by atomic mass is 79.9. The van der Waals surface area contributed by atoms with Gasteiger partial charge in [-0.2, -0.15) is 0 Å². The molecule has 3 atom stereocenters. The zero-order valence-corrected chi connectivity index (χ0v) is 15.5. The molecule has 2 nitrogen and oxygen atoms in total. The van der Waals surface area contributed by atoms with Gasteiger partial charge in [-0.1, -0.05) is 76.6 Å². The molecule has 2 heterocycles. The van der Waals surface area contributed by atoms with E-state index in [0.717, 1.165) is 18.6 Å². The van der Waals surface area contributed by atoms with Gasteiger partial charge in [0.15, 0.2) is 6.23 Å². The number of benzene rings is 3. The molecule has 2 unspecified atom stereocenters. The fraction of sp³-hybridized carbons (Fsp3) is 0.273. The fourth-order valence-corrected chi connectivity index (χ4v) is 5.14. The molecule has 1 saturated heterocycles. The van der Waals surface area contributed by atoms with Gasteiger partial charge in [-0.3, -0.25) is 0 Å². The van der Waals surface area contributed by atoms with Gasteiger partial charge in [-0.15, -0.1) is 0 Å². The summed E-state index contributed by atoms with van der Waals surface area (Å²) in [5.74, 6) is 1.04. The minimum absolute atomic E-state index is 0.136. The first-order valence-electron chi connectivity index (χ1n) is 8.98. The van der Waals surface area contributed by atoms with Crippen molar-refractivity contribution in [2.75, 3.05) is 0 Å². The highest BCUT2D eigenvalue weighted by Crippen LogP contribution is 2.48. The molecule has 5 rings (SSSR count). The summed E-state index contributed by atoms with van der Waals surface area (Å²) < 4.78 is 6.46. The first-order valence-corrected chi connectivity index (χ1v) is 9.89. The van der Waals surface area contributed by atoms with E-state index in [-0.39, 0.29) is 12.3 Å². The third kappa shape index (κ3) is 2.49. The van der Waals surface area contributed by atoms with Gasteiger partial charge in [0.1, 0.15) is 5.75 Å². The SMILES string of the molecule is BrC1CCC[C@@H]2Oc3ccc4ccccc4c3C(c3ccccc3)N12. The Kier molecular flexibility index (Phi) is 3.79. The normalized spacial score (nSPS) is 25.9. The highest BCUT2D eigenvalue weighted by molar-refractivity contribution is 9.09. The molecule has 0 aliphatic carbocycles. The Morgan fingerprint density at radius 1 is 0.880 bits per heavy atom. The average Bonchev–Trinajstić information content (AvgIpc) is 2.67. The van der Waals surface area contributed by atoms with Crippen molar-refractivity contribution < 1.29 is 4.74 Å². The van der Waals surface area contributed by atoms with Crippen LogP contribution >= 0.6 is 15.9 Å². The van der Waals surface area contributed by atoms with Crippen LogP contribution in [-0.4, -0.2) is 16.1 Å². The van der Waals surface area contributed by atoms with Gasteiger partial charge in [-0.05, 0) is 41.7 Å². The van der Waals surface area contributed by atoms with Gasteiger partial charge in [0.05, 0.1) is 11.0 Å². The van der Waals surface area contributed by atoms with Crippen LogP contribution in [0.4, 0.5) is 0 Å². The summed E-state index contributed by atoms with van der Waals surface area (Å²) in [6.45, 7) is 0. The Morgan fingerprint density at radius 2 is 1.68 bits per heavy atom. The number of hydrogen-bond acceptors (Lipinski definition) is 2. The molecule has 0 radical (unpaired) electrons. The molecule has 126 valence electrons. The minimum Gasteiger partial charge on any atom is -0.475 e. The van der Waals surface area contributed by atoms with Gasteiger partial charge in [0.2, 0.25) is 0 Å². The second kappa shape index (κ2) is 6.15. The number of fused-ring (bicyclic) bond motifs is 4. The molecule has 3 heteroatoms. The van der Waals surface area contributed by atoms with Crippen molar-refractivity contribution in [3.05, 3.63) is 77.9 Å². The van der Waals surface area contributed by atoms with Crippen molar-refractivity contribution in [1.82, 2.24) is 4.90 Å². The molecule has 0 saturated carbocycles. The largest absolute Gasteiger partial charge is 0.475 e. The van der Waals surface area contributed by atoms with Crippen molar-refractivity contribution in [2.45, 2.75) is 36.5 Å². The van der Waals surface area contributed by atoms with E-state index in [1.54, 1.807) is 0 Å². The van der Waals surface area contributed by atoms with E-state index in [1.807, 2.05) is 0 Å². The third-order valence-corrected chi connectivity index (χ3v) is 6.36. The van der Waals surface area contributed by atoms with Gasteiger partial charge in [0, 0.05) is 5.56 Å². The number of hydrogen-bond donors (Lipinski definition) is 0. The van der Waals surface area contributed by atoms with Gasteiger partial charge in [-0.25, -0.2) is 4.90 Å². The van der Waals surface area contributed by atoms with Crippen molar-refractivity contribution in [1.29, 1.82) is 0 Å². The Morgan fingerprint density at radius 3 is 2.56 bits per heavy atom. The number of piperidine rings is 1. The summed E-state index contributed by atoms with van der Waals surface area (Å²) in [4.78, 5) is 2.86. The van der Waals surface area contributed by atoms with Crippen molar-refractivity contribution in [2.24, 2.45) is 0 Å². The van der Waals surface area contributed by atoms with E-state index in [1.165, 1.54) is 28.3 Å². The molecule has 0 bridgehead atoms. The van der Waals surface area contributed by atoms with E-state index in [9.17, 15) is 0 Å². The molecule has 3 aromatic carbocycles. The first-order chi connectivity index (χ1) is 12.3. The molecule has 0 aromatic heterocycles. The number of alkyl halides is 1. The third-order valence-electron chi connectivity index (χ3n) is 5.43. The van der Waals surface area contributed by atoms with Crippen LogP contribution in [0.25, 0.3) is 10.8 Å². The maximum Gasteiger partial charge on any atom is 0.154 e. The standard InChI is InChI=1S/C22H20BrNO/c23-19-11-6-12-20-24(19)22(16-8-2-1-3-9-16)21-17-10-5-4-7-15(17)13-14-18(21)25-20/h1-5,7-10,13-14,19-20,22H,6,11-12H2/t19?,20-,22?/m0/s1. The number of nitrogens with zero attached hydrogens (tertiary/aromatic N) is 1. The number of halogens is 1. The monoisotopic (exact) mass is 393 g/mol. The molecule has 0 amide bonds. The van der Waals surface area contributed by atoms with Gasteiger partial charge < -0.3 is 4.74 Å². The van der Waals surface area contributed by atoms with Crippen LogP contribution in [0, 0.1) is 0 Å². The molecule has 2 aliphatic heterocycles. The van der Waals surface area contributed by atoms with Crippen LogP contribution in [0.3, 0.4) is 0 Å². The molecule has 0 N–H and O–H groups in total. The van der Waals surface area contributed by atoms with E-state index in [2.05, 4.69) is 87.6 Å². The minimum atomic E-state index is 0.136. The first kappa shape index (κ1) is 15.4. The molecule has 1 fully saturated rings. The van der Waals surface area contributed by atoms with E-state index < -0.39 is 0 Å². The maximum atomic E-state index is 6.46. The lowest BCUT2D eigenvalue weighted by molar-refractivity contribution is -0.0493. The van der Waals surface area contributed by atoms with Crippen LogP contribution in [-0.2, 0) is 0 Å².